The number of hydrogen-bond donors (Lipinski definition) is 0. The molecule has 0 saturated carbocycles. The van der Waals surface area contributed by atoms with Gasteiger partial charge in [-0.1, -0.05) is 0 Å². The number of ether oxygens (including phenoxy) is 1. The van der Waals surface area contributed by atoms with Gasteiger partial charge in [-0.15, -0.1) is 11.6 Å². The Morgan fingerprint density at radius 3 is 2.74 bits per heavy atom. The summed E-state index contributed by atoms with van der Waals surface area (Å²) in [6, 6.07) is -0.0543. The van der Waals surface area contributed by atoms with E-state index in [0.29, 0.717) is 25.6 Å². The van der Waals surface area contributed by atoms with Gasteiger partial charge in [0.15, 0.2) is 0 Å². The quantitative estimate of drug-likeness (QED) is 0.735. The smallest absolute Gasteiger partial charge is 0.282 e. The molecule has 112 valence electrons. The molecule has 0 aliphatic carbocycles. The van der Waals surface area contributed by atoms with Crippen LogP contribution in [0.3, 0.4) is 0 Å². The second kappa shape index (κ2) is 6.26. The van der Waals surface area contributed by atoms with Gasteiger partial charge in [-0.05, 0) is 32.1 Å². The van der Waals surface area contributed by atoms with Crippen LogP contribution in [0.2, 0.25) is 0 Å². The second-order valence-corrected chi connectivity index (χ2v) is 7.77. The van der Waals surface area contributed by atoms with E-state index in [4.69, 9.17) is 16.3 Å². The Balaban J connectivity index is 2.08. The Hall–Kier alpha value is 0.120. The van der Waals surface area contributed by atoms with E-state index in [2.05, 4.69) is 0 Å². The van der Waals surface area contributed by atoms with Crippen LogP contribution in [-0.2, 0) is 14.9 Å². The molecule has 2 saturated heterocycles. The van der Waals surface area contributed by atoms with Crippen molar-refractivity contribution in [2.45, 2.75) is 38.3 Å². The Kier molecular flexibility index (Phi) is 5.11. The monoisotopic (exact) mass is 310 g/mol. The highest BCUT2D eigenvalue weighted by Crippen LogP contribution is 2.26. The number of nitrogens with zero attached hydrogens (tertiary/aromatic N) is 2. The SMILES string of the molecule is CC1OCCC1N(C)S(=O)(=O)N1CCCC(CCl)C1. The second-order valence-electron chi connectivity index (χ2n) is 5.48. The Labute approximate surface area is 121 Å². The highest BCUT2D eigenvalue weighted by molar-refractivity contribution is 7.86. The number of likely N-dealkylation sites (N-methyl/N-ethyl adjacent to an activating group) is 1. The van der Waals surface area contributed by atoms with Crippen LogP contribution in [0.25, 0.3) is 0 Å². The number of halogens is 1. The summed E-state index contributed by atoms with van der Waals surface area (Å²) < 4.78 is 33.8. The minimum absolute atomic E-state index is 0.0339. The molecule has 3 unspecified atom stereocenters. The van der Waals surface area contributed by atoms with E-state index in [0.717, 1.165) is 19.3 Å². The predicted molar refractivity (Wildman–Crippen MR) is 75.5 cm³/mol. The van der Waals surface area contributed by atoms with E-state index >= 15 is 0 Å². The van der Waals surface area contributed by atoms with Crippen LogP contribution in [0.15, 0.2) is 0 Å². The summed E-state index contributed by atoms with van der Waals surface area (Å²) in [4.78, 5) is 0. The van der Waals surface area contributed by atoms with Crippen molar-refractivity contribution in [1.82, 2.24) is 8.61 Å². The Morgan fingerprint density at radius 2 is 2.16 bits per heavy atom. The van der Waals surface area contributed by atoms with Crippen LogP contribution < -0.4 is 0 Å². The number of alkyl halides is 1. The largest absolute Gasteiger partial charge is 0.377 e. The first-order valence-electron chi connectivity index (χ1n) is 6.87. The topological polar surface area (TPSA) is 49.9 Å². The van der Waals surface area contributed by atoms with E-state index in [9.17, 15) is 8.42 Å². The van der Waals surface area contributed by atoms with Gasteiger partial charge >= 0.3 is 0 Å². The maximum absolute atomic E-state index is 12.6. The molecule has 0 aromatic heterocycles. The minimum Gasteiger partial charge on any atom is -0.377 e. The molecule has 2 rings (SSSR count). The summed E-state index contributed by atoms with van der Waals surface area (Å²) in [7, 11) is -1.73. The van der Waals surface area contributed by atoms with Crippen LogP contribution in [-0.4, -0.2) is 61.8 Å². The zero-order valence-electron chi connectivity index (χ0n) is 11.6. The summed E-state index contributed by atoms with van der Waals surface area (Å²) >= 11 is 5.87. The normalized spacial score (nSPS) is 34.0. The van der Waals surface area contributed by atoms with Gasteiger partial charge in [0.25, 0.3) is 10.2 Å². The van der Waals surface area contributed by atoms with Gasteiger partial charge in [-0.2, -0.15) is 17.0 Å². The third-order valence-electron chi connectivity index (χ3n) is 4.19. The molecule has 2 aliphatic heterocycles. The van der Waals surface area contributed by atoms with Crippen molar-refractivity contribution >= 4 is 21.8 Å². The average Bonchev–Trinajstić information content (AvgIpc) is 2.84. The van der Waals surface area contributed by atoms with Crippen LogP contribution >= 0.6 is 11.6 Å². The highest BCUT2D eigenvalue weighted by atomic mass is 35.5. The minimum atomic E-state index is -3.39. The molecule has 5 nitrogen and oxygen atoms in total. The van der Waals surface area contributed by atoms with Gasteiger partial charge in [0.1, 0.15) is 0 Å². The molecule has 3 atom stereocenters. The molecular formula is C12H23ClN2O3S. The zero-order valence-corrected chi connectivity index (χ0v) is 13.2. The van der Waals surface area contributed by atoms with Crippen molar-refractivity contribution in [3.63, 3.8) is 0 Å². The molecule has 0 bridgehead atoms. The van der Waals surface area contributed by atoms with Gasteiger partial charge in [-0.3, -0.25) is 0 Å². The van der Waals surface area contributed by atoms with E-state index in [1.165, 1.54) is 4.31 Å². The first-order chi connectivity index (χ1) is 8.96. The molecule has 0 radical (unpaired) electrons. The van der Waals surface area contributed by atoms with Gasteiger partial charge in [0, 0.05) is 32.6 Å². The zero-order chi connectivity index (χ0) is 14.0. The third kappa shape index (κ3) is 3.24. The van der Waals surface area contributed by atoms with Gasteiger partial charge in [0.2, 0.25) is 0 Å². The molecule has 0 amide bonds. The molecule has 0 N–H and O–H groups in total. The summed E-state index contributed by atoms with van der Waals surface area (Å²) in [6.07, 6.45) is 2.64. The fourth-order valence-corrected chi connectivity index (χ4v) is 4.91. The Bertz CT molecular complexity index is 404. The average molecular weight is 311 g/mol. The van der Waals surface area contributed by atoms with Crippen molar-refractivity contribution < 1.29 is 13.2 Å². The summed E-state index contributed by atoms with van der Waals surface area (Å²) in [5.41, 5.74) is 0. The van der Waals surface area contributed by atoms with Crippen LogP contribution in [0.5, 0.6) is 0 Å². The molecule has 2 heterocycles. The van der Waals surface area contributed by atoms with Crippen LogP contribution in [0.1, 0.15) is 26.2 Å². The predicted octanol–water partition coefficient (Wildman–Crippen LogP) is 1.29. The van der Waals surface area contributed by atoms with Gasteiger partial charge in [0.05, 0.1) is 12.1 Å². The molecule has 7 heteroatoms. The van der Waals surface area contributed by atoms with E-state index in [-0.39, 0.29) is 18.1 Å². The molecule has 19 heavy (non-hydrogen) atoms. The Morgan fingerprint density at radius 1 is 1.42 bits per heavy atom. The molecule has 2 aliphatic rings. The number of rotatable bonds is 4. The van der Waals surface area contributed by atoms with E-state index in [1.54, 1.807) is 11.4 Å². The van der Waals surface area contributed by atoms with Crippen LogP contribution in [0, 0.1) is 5.92 Å². The summed E-state index contributed by atoms with van der Waals surface area (Å²) in [5, 5.41) is 0. The summed E-state index contributed by atoms with van der Waals surface area (Å²) in [6.45, 7) is 3.71. The standard InChI is InChI=1S/C12H23ClN2O3S/c1-10-12(5-7-18-10)14(2)19(16,17)15-6-3-4-11(8-13)9-15/h10-12H,3-9H2,1-2H3. The van der Waals surface area contributed by atoms with Crippen molar-refractivity contribution in [3.05, 3.63) is 0 Å². The molecule has 2 fully saturated rings. The maximum Gasteiger partial charge on any atom is 0.282 e. The van der Waals surface area contributed by atoms with Crippen molar-refractivity contribution in [2.24, 2.45) is 5.92 Å². The summed E-state index contributed by atoms with van der Waals surface area (Å²) in [5.74, 6) is 0.800. The van der Waals surface area contributed by atoms with Crippen molar-refractivity contribution in [2.75, 3.05) is 32.6 Å². The molecule has 0 spiro atoms. The highest BCUT2D eigenvalue weighted by Gasteiger charge is 2.38. The lowest BCUT2D eigenvalue weighted by atomic mass is 10.0. The fraction of sp³-hybridized carbons (Fsp3) is 1.00. The van der Waals surface area contributed by atoms with E-state index < -0.39 is 10.2 Å². The van der Waals surface area contributed by atoms with E-state index in [1.807, 2.05) is 6.92 Å². The molecule has 0 aromatic rings. The first kappa shape index (κ1) is 15.5. The van der Waals surface area contributed by atoms with Gasteiger partial charge in [-0.25, -0.2) is 0 Å². The fourth-order valence-electron chi connectivity index (χ4n) is 2.91. The van der Waals surface area contributed by atoms with Crippen molar-refractivity contribution in [3.8, 4) is 0 Å². The van der Waals surface area contributed by atoms with Crippen molar-refractivity contribution in [1.29, 1.82) is 0 Å². The first-order valence-corrected chi connectivity index (χ1v) is 8.80. The lowest BCUT2D eigenvalue weighted by molar-refractivity contribution is 0.0999. The van der Waals surface area contributed by atoms with Gasteiger partial charge < -0.3 is 4.74 Å². The number of hydrogen-bond acceptors (Lipinski definition) is 3. The molecule has 0 aromatic carbocycles. The van der Waals surface area contributed by atoms with Crippen LogP contribution in [0.4, 0.5) is 0 Å². The third-order valence-corrected chi connectivity index (χ3v) is 6.61. The molecular weight excluding hydrogens is 288 g/mol. The lowest BCUT2D eigenvalue weighted by Gasteiger charge is -2.36. The maximum atomic E-state index is 12.6. The lowest BCUT2D eigenvalue weighted by Crippen LogP contribution is -2.51. The number of piperidine rings is 1.